The number of hydrogen-bond acceptors (Lipinski definition) is 2. The highest BCUT2D eigenvalue weighted by Gasteiger charge is 2.87. The van der Waals surface area contributed by atoms with Gasteiger partial charge in [-0.15, -0.1) is 0 Å². The molecule has 0 aromatic heterocycles. The van der Waals surface area contributed by atoms with Crippen molar-refractivity contribution in [3.8, 4) is 0 Å². The molecular weight excluding hydrogens is 292 g/mol. The van der Waals surface area contributed by atoms with Crippen LogP contribution in [0.5, 0.6) is 0 Å². The van der Waals surface area contributed by atoms with Crippen LogP contribution in [-0.4, -0.2) is 24.3 Å². The molecule has 6 saturated carbocycles. The molecule has 0 unspecified atom stereocenters. The first-order valence-corrected chi connectivity index (χ1v) is 8.53. The molecule has 3 heteroatoms. The highest BCUT2D eigenvalue weighted by molar-refractivity contribution is 9.09. The molecule has 6 aliphatic carbocycles. The first-order valence-electron chi connectivity index (χ1n) is 7.62. The molecule has 18 heavy (non-hydrogen) atoms. The van der Waals surface area contributed by atoms with Crippen LogP contribution in [0.2, 0.25) is 0 Å². The van der Waals surface area contributed by atoms with Crippen LogP contribution in [0.25, 0.3) is 0 Å². The van der Waals surface area contributed by atoms with Crippen LogP contribution in [0.3, 0.4) is 0 Å². The smallest absolute Gasteiger partial charge is 0.161 e. The largest absolute Gasteiger partial charge is 0.350 e. The van der Waals surface area contributed by atoms with Crippen molar-refractivity contribution in [2.24, 2.45) is 52.8 Å². The Bertz CT molecular complexity index is 446. The van der Waals surface area contributed by atoms with Crippen molar-refractivity contribution in [3.05, 3.63) is 0 Å². The SMILES string of the molecule is C[C@]12[C@@H]3[C@@H]4C[C@@H]5[C@@H]3[C@H](C3OCCO3)[C@@H]1[C@@H]5[C@@H]4[C@@H]2Br. The fourth-order valence-electron chi connectivity index (χ4n) is 8.15. The molecule has 0 amide bonds. The molecule has 7 aliphatic rings. The van der Waals surface area contributed by atoms with Crippen molar-refractivity contribution >= 4 is 15.9 Å². The van der Waals surface area contributed by atoms with Crippen LogP contribution in [0.4, 0.5) is 0 Å². The minimum atomic E-state index is 0.145. The standard InChI is InChI=1S/C15H19BrO2/c1-15-11-6-4-5-7(9(6)13(15)16)12(15)10(8(5)11)14-17-2-3-18-14/h5-14H,2-4H2,1H3/t5-,6+,7-,8+,9+,10-,11+,12-,13-,15-/m0/s1. The van der Waals surface area contributed by atoms with E-state index in [1.807, 2.05) is 0 Å². The van der Waals surface area contributed by atoms with Gasteiger partial charge in [-0.25, -0.2) is 0 Å². The molecule has 7 rings (SSSR count). The summed E-state index contributed by atoms with van der Waals surface area (Å²) in [7, 11) is 0. The highest BCUT2D eigenvalue weighted by Crippen LogP contribution is 2.89. The summed E-state index contributed by atoms with van der Waals surface area (Å²) in [6.07, 6.45) is 1.68. The molecule has 0 aromatic rings. The van der Waals surface area contributed by atoms with E-state index < -0.39 is 0 Å². The summed E-state index contributed by atoms with van der Waals surface area (Å²) in [4.78, 5) is 0.788. The first kappa shape index (κ1) is 10.2. The van der Waals surface area contributed by atoms with Crippen LogP contribution in [-0.2, 0) is 9.47 Å². The Balaban J connectivity index is 1.54. The van der Waals surface area contributed by atoms with Crippen LogP contribution in [0.1, 0.15) is 13.3 Å². The Hall–Kier alpha value is 0.400. The number of hydrogen-bond donors (Lipinski definition) is 0. The van der Waals surface area contributed by atoms with Gasteiger partial charge in [-0.1, -0.05) is 22.9 Å². The lowest BCUT2D eigenvalue weighted by molar-refractivity contribution is -0.101. The van der Waals surface area contributed by atoms with E-state index in [1.165, 1.54) is 6.42 Å². The fourth-order valence-corrected chi connectivity index (χ4v) is 9.50. The van der Waals surface area contributed by atoms with E-state index in [4.69, 9.17) is 9.47 Å². The van der Waals surface area contributed by atoms with E-state index in [1.54, 1.807) is 0 Å². The predicted molar refractivity (Wildman–Crippen MR) is 69.1 cm³/mol. The van der Waals surface area contributed by atoms with Crippen LogP contribution in [0.15, 0.2) is 0 Å². The molecule has 1 saturated heterocycles. The van der Waals surface area contributed by atoms with Crippen LogP contribution >= 0.6 is 15.9 Å². The van der Waals surface area contributed by atoms with Gasteiger partial charge in [-0.05, 0) is 53.3 Å². The van der Waals surface area contributed by atoms with Gasteiger partial charge in [0.05, 0.1) is 13.2 Å². The molecule has 6 bridgehead atoms. The van der Waals surface area contributed by atoms with Gasteiger partial charge in [-0.3, -0.25) is 0 Å². The zero-order valence-electron chi connectivity index (χ0n) is 10.6. The molecule has 1 aliphatic heterocycles. The summed E-state index contributed by atoms with van der Waals surface area (Å²) < 4.78 is 11.8. The molecule has 2 nitrogen and oxygen atoms in total. The van der Waals surface area contributed by atoms with Gasteiger partial charge >= 0.3 is 0 Å². The summed E-state index contributed by atoms with van der Waals surface area (Å²) in [6.45, 7) is 4.22. The molecule has 0 N–H and O–H groups in total. The number of ether oxygens (including phenoxy) is 2. The molecule has 10 atom stereocenters. The first-order chi connectivity index (χ1) is 8.74. The quantitative estimate of drug-likeness (QED) is 0.693. The maximum absolute atomic E-state index is 5.92. The number of alkyl halides is 1. The minimum Gasteiger partial charge on any atom is -0.350 e. The van der Waals surface area contributed by atoms with Crippen molar-refractivity contribution < 1.29 is 9.47 Å². The summed E-state index contributed by atoms with van der Waals surface area (Å²) in [6, 6.07) is 0. The van der Waals surface area contributed by atoms with Gasteiger partial charge in [0, 0.05) is 10.7 Å². The Morgan fingerprint density at radius 2 is 1.67 bits per heavy atom. The van der Waals surface area contributed by atoms with Gasteiger partial charge in [0.15, 0.2) is 6.29 Å². The second kappa shape index (κ2) is 2.73. The third kappa shape index (κ3) is 0.722. The Kier molecular flexibility index (Phi) is 1.54. The molecule has 0 radical (unpaired) electrons. The van der Waals surface area contributed by atoms with Crippen molar-refractivity contribution in [1.29, 1.82) is 0 Å². The van der Waals surface area contributed by atoms with Crippen molar-refractivity contribution in [1.82, 2.24) is 0 Å². The van der Waals surface area contributed by atoms with E-state index in [0.29, 0.717) is 5.41 Å². The van der Waals surface area contributed by atoms with Crippen molar-refractivity contribution in [2.45, 2.75) is 24.5 Å². The lowest BCUT2D eigenvalue weighted by Gasteiger charge is -2.40. The van der Waals surface area contributed by atoms with E-state index in [2.05, 4.69) is 22.9 Å². The lowest BCUT2D eigenvalue weighted by atomic mass is 9.64. The third-order valence-electron chi connectivity index (χ3n) is 7.95. The molecule has 0 spiro atoms. The van der Waals surface area contributed by atoms with E-state index in [0.717, 1.165) is 65.4 Å². The highest BCUT2D eigenvalue weighted by atomic mass is 79.9. The average molecular weight is 311 g/mol. The summed E-state index contributed by atoms with van der Waals surface area (Å²) in [5.41, 5.74) is 0.567. The predicted octanol–water partition coefficient (Wildman–Crippen LogP) is 2.52. The normalized spacial score (nSPS) is 74.7. The zero-order valence-corrected chi connectivity index (χ0v) is 12.2. The third-order valence-corrected chi connectivity index (χ3v) is 9.55. The van der Waals surface area contributed by atoms with Gasteiger partial charge in [0.2, 0.25) is 0 Å². The molecule has 7 fully saturated rings. The maximum atomic E-state index is 5.92. The van der Waals surface area contributed by atoms with E-state index in [9.17, 15) is 0 Å². The second-order valence-electron chi connectivity index (χ2n) is 7.80. The second-order valence-corrected chi connectivity index (χ2v) is 8.79. The van der Waals surface area contributed by atoms with Crippen molar-refractivity contribution in [2.75, 3.05) is 13.2 Å². The minimum absolute atomic E-state index is 0.145. The number of halogens is 1. The fraction of sp³-hybridized carbons (Fsp3) is 1.00. The lowest BCUT2D eigenvalue weighted by Crippen LogP contribution is -2.37. The van der Waals surface area contributed by atoms with Gasteiger partial charge in [-0.2, -0.15) is 0 Å². The Morgan fingerprint density at radius 3 is 2.39 bits per heavy atom. The van der Waals surface area contributed by atoms with E-state index >= 15 is 0 Å². The molecule has 1 heterocycles. The van der Waals surface area contributed by atoms with Gasteiger partial charge in [0.1, 0.15) is 0 Å². The molecule has 98 valence electrons. The van der Waals surface area contributed by atoms with E-state index in [-0.39, 0.29) is 6.29 Å². The average Bonchev–Trinajstić information content (AvgIpc) is 3.07. The topological polar surface area (TPSA) is 18.5 Å². The number of rotatable bonds is 1. The Morgan fingerprint density at radius 1 is 0.944 bits per heavy atom. The van der Waals surface area contributed by atoms with Crippen LogP contribution < -0.4 is 0 Å². The monoisotopic (exact) mass is 310 g/mol. The summed E-state index contributed by atoms with van der Waals surface area (Å²) >= 11 is 4.10. The van der Waals surface area contributed by atoms with Crippen LogP contribution in [0, 0.1) is 52.8 Å². The molecular formula is C15H19BrO2. The van der Waals surface area contributed by atoms with Gasteiger partial charge < -0.3 is 9.47 Å². The maximum Gasteiger partial charge on any atom is 0.161 e. The van der Waals surface area contributed by atoms with Crippen molar-refractivity contribution in [3.63, 3.8) is 0 Å². The molecule has 0 aromatic carbocycles. The summed E-state index contributed by atoms with van der Waals surface area (Å²) in [5.74, 6) is 7.64. The Labute approximate surface area is 116 Å². The zero-order chi connectivity index (χ0) is 11.8. The van der Waals surface area contributed by atoms with Gasteiger partial charge in [0.25, 0.3) is 0 Å². The summed E-state index contributed by atoms with van der Waals surface area (Å²) in [5, 5.41) is 0.